The summed E-state index contributed by atoms with van der Waals surface area (Å²) in [4.78, 5) is 33.3. The van der Waals surface area contributed by atoms with E-state index in [4.69, 9.17) is 11.6 Å². The van der Waals surface area contributed by atoms with Crippen molar-refractivity contribution in [2.75, 3.05) is 45.2 Å². The maximum Gasteiger partial charge on any atom is 0.263 e. The predicted molar refractivity (Wildman–Crippen MR) is 118 cm³/mol. The smallest absolute Gasteiger partial charge is 0.263 e. The van der Waals surface area contributed by atoms with Crippen LogP contribution in [-0.4, -0.2) is 61.9 Å². The van der Waals surface area contributed by atoms with Crippen LogP contribution in [0.4, 0.5) is 5.69 Å². The summed E-state index contributed by atoms with van der Waals surface area (Å²) in [5, 5.41) is 0.738. The van der Waals surface area contributed by atoms with E-state index in [1.165, 1.54) is 10.4 Å². The Bertz CT molecular complexity index is 919. The Morgan fingerprint density at radius 2 is 1.90 bits per heavy atom. The molecule has 7 heteroatoms. The van der Waals surface area contributed by atoms with Gasteiger partial charge in [-0.2, -0.15) is 0 Å². The Morgan fingerprint density at radius 1 is 1.14 bits per heavy atom. The molecule has 0 N–H and O–H groups in total. The van der Waals surface area contributed by atoms with Crippen LogP contribution >= 0.6 is 22.9 Å². The third-order valence-corrected chi connectivity index (χ3v) is 7.27. The van der Waals surface area contributed by atoms with Crippen LogP contribution in [0.1, 0.15) is 26.5 Å². The standard InChI is InChI=1S/C22H26ClN3O2S/c1-24(2)22(28)20-13-16-12-15(6-7-19(16)29-20)21(27)26-10-8-25(9-11-26)18-5-3-4-17(23)14-18/h3-5,13-15H,6-12H2,1-2H3/t15-/m0/s1. The first-order valence-corrected chi connectivity index (χ1v) is 11.2. The molecule has 1 atom stereocenters. The van der Waals surface area contributed by atoms with Crippen molar-refractivity contribution < 1.29 is 9.59 Å². The molecule has 1 aliphatic heterocycles. The first-order valence-electron chi connectivity index (χ1n) is 10.0. The van der Waals surface area contributed by atoms with Crippen LogP contribution in [-0.2, 0) is 17.6 Å². The molecule has 0 bridgehead atoms. The number of thiophene rings is 1. The van der Waals surface area contributed by atoms with Gasteiger partial charge in [0.25, 0.3) is 5.91 Å². The average Bonchev–Trinajstić information content (AvgIpc) is 3.16. The van der Waals surface area contributed by atoms with Crippen LogP contribution in [0.25, 0.3) is 0 Å². The van der Waals surface area contributed by atoms with Gasteiger partial charge in [0.2, 0.25) is 5.91 Å². The van der Waals surface area contributed by atoms with Crippen LogP contribution in [0.2, 0.25) is 5.02 Å². The van der Waals surface area contributed by atoms with Gasteiger partial charge in [0, 0.05) is 61.8 Å². The number of benzene rings is 1. The predicted octanol–water partition coefficient (Wildman–Crippen LogP) is 3.56. The summed E-state index contributed by atoms with van der Waals surface area (Å²) in [6, 6.07) is 9.88. The summed E-state index contributed by atoms with van der Waals surface area (Å²) < 4.78 is 0. The fourth-order valence-electron chi connectivity index (χ4n) is 4.18. The molecular formula is C22H26ClN3O2S. The monoisotopic (exact) mass is 431 g/mol. The Labute approximate surface area is 180 Å². The molecule has 2 heterocycles. The van der Waals surface area contributed by atoms with E-state index in [0.29, 0.717) is 0 Å². The van der Waals surface area contributed by atoms with Gasteiger partial charge in [0.1, 0.15) is 0 Å². The van der Waals surface area contributed by atoms with Crippen molar-refractivity contribution in [2.45, 2.75) is 19.3 Å². The van der Waals surface area contributed by atoms with E-state index < -0.39 is 0 Å². The molecule has 5 nitrogen and oxygen atoms in total. The highest BCUT2D eigenvalue weighted by atomic mass is 35.5. The van der Waals surface area contributed by atoms with E-state index >= 15 is 0 Å². The maximum absolute atomic E-state index is 13.1. The van der Waals surface area contributed by atoms with E-state index in [9.17, 15) is 9.59 Å². The van der Waals surface area contributed by atoms with Crippen molar-refractivity contribution in [3.8, 4) is 0 Å². The highest BCUT2D eigenvalue weighted by Crippen LogP contribution is 2.34. The molecule has 1 aliphatic carbocycles. The number of fused-ring (bicyclic) bond motifs is 1. The number of halogens is 1. The Hall–Kier alpha value is -2.05. The zero-order valence-corrected chi connectivity index (χ0v) is 18.4. The minimum atomic E-state index is 0.0251. The normalized spacial score (nSPS) is 19.1. The highest BCUT2D eigenvalue weighted by Gasteiger charge is 2.32. The summed E-state index contributed by atoms with van der Waals surface area (Å²) in [5.74, 6) is 0.328. The lowest BCUT2D eigenvalue weighted by molar-refractivity contribution is -0.136. The Balaban J connectivity index is 1.37. The van der Waals surface area contributed by atoms with E-state index in [2.05, 4.69) is 11.0 Å². The molecule has 29 heavy (non-hydrogen) atoms. The molecule has 0 saturated carbocycles. The van der Waals surface area contributed by atoms with Crippen molar-refractivity contribution in [1.82, 2.24) is 9.80 Å². The molecular weight excluding hydrogens is 406 g/mol. The number of amides is 2. The molecule has 154 valence electrons. The molecule has 0 unspecified atom stereocenters. The third-order valence-electron chi connectivity index (χ3n) is 5.81. The first kappa shape index (κ1) is 20.2. The second kappa shape index (κ2) is 8.36. The number of hydrogen-bond acceptors (Lipinski definition) is 4. The van der Waals surface area contributed by atoms with Crippen molar-refractivity contribution >= 4 is 40.4 Å². The molecule has 2 aromatic rings. The van der Waals surface area contributed by atoms with E-state index in [0.717, 1.165) is 61.0 Å². The molecule has 1 saturated heterocycles. The van der Waals surface area contributed by atoms with Gasteiger partial charge in [-0.25, -0.2) is 0 Å². The van der Waals surface area contributed by atoms with E-state index in [1.54, 1.807) is 30.3 Å². The lowest BCUT2D eigenvalue weighted by atomic mass is 9.87. The molecule has 1 fully saturated rings. The van der Waals surface area contributed by atoms with E-state index in [-0.39, 0.29) is 17.7 Å². The Kier molecular flexibility index (Phi) is 5.83. The van der Waals surface area contributed by atoms with Crippen molar-refractivity contribution in [2.24, 2.45) is 5.92 Å². The fourth-order valence-corrected chi connectivity index (χ4v) is 5.59. The zero-order chi connectivity index (χ0) is 20.5. The topological polar surface area (TPSA) is 43.9 Å². The zero-order valence-electron chi connectivity index (χ0n) is 16.9. The number of aryl methyl sites for hydroxylation is 1. The number of hydrogen-bond donors (Lipinski definition) is 0. The molecule has 1 aromatic heterocycles. The molecule has 0 spiro atoms. The number of piperazine rings is 1. The average molecular weight is 432 g/mol. The summed E-state index contributed by atoms with van der Waals surface area (Å²) in [6.07, 6.45) is 2.51. The van der Waals surface area contributed by atoms with Crippen molar-refractivity contribution in [3.63, 3.8) is 0 Å². The maximum atomic E-state index is 13.1. The van der Waals surface area contributed by atoms with Gasteiger partial charge in [-0.05, 0) is 49.1 Å². The molecule has 1 aromatic carbocycles. The summed E-state index contributed by atoms with van der Waals surface area (Å²) in [5.41, 5.74) is 2.30. The third kappa shape index (κ3) is 4.28. The number of rotatable bonds is 3. The second-order valence-electron chi connectivity index (χ2n) is 7.99. The van der Waals surface area contributed by atoms with Crippen LogP contribution in [0, 0.1) is 5.92 Å². The van der Waals surface area contributed by atoms with Crippen molar-refractivity contribution in [3.05, 3.63) is 50.7 Å². The number of carbonyl (C=O) groups is 2. The summed E-state index contributed by atoms with van der Waals surface area (Å²) in [6.45, 7) is 3.12. The second-order valence-corrected chi connectivity index (χ2v) is 9.56. The number of nitrogens with zero attached hydrogens (tertiary/aromatic N) is 3. The molecule has 2 aliphatic rings. The lowest BCUT2D eigenvalue weighted by Gasteiger charge is -2.38. The van der Waals surface area contributed by atoms with Gasteiger partial charge in [-0.15, -0.1) is 11.3 Å². The van der Waals surface area contributed by atoms with Gasteiger partial charge in [0.05, 0.1) is 4.88 Å². The first-order chi connectivity index (χ1) is 13.9. The van der Waals surface area contributed by atoms with Gasteiger partial charge in [-0.3, -0.25) is 9.59 Å². The van der Waals surface area contributed by atoms with Gasteiger partial charge in [-0.1, -0.05) is 17.7 Å². The lowest BCUT2D eigenvalue weighted by Crippen LogP contribution is -2.51. The van der Waals surface area contributed by atoms with Gasteiger partial charge in [0.15, 0.2) is 0 Å². The summed E-state index contributed by atoms with van der Waals surface area (Å²) in [7, 11) is 3.55. The fraction of sp³-hybridized carbons (Fsp3) is 0.455. The van der Waals surface area contributed by atoms with Crippen LogP contribution in [0.15, 0.2) is 30.3 Å². The summed E-state index contributed by atoms with van der Waals surface area (Å²) >= 11 is 7.70. The van der Waals surface area contributed by atoms with Crippen LogP contribution in [0.3, 0.4) is 0 Å². The molecule has 2 amide bonds. The van der Waals surface area contributed by atoms with Crippen molar-refractivity contribution in [1.29, 1.82) is 0 Å². The van der Waals surface area contributed by atoms with Gasteiger partial charge < -0.3 is 14.7 Å². The largest absolute Gasteiger partial charge is 0.368 e. The number of carbonyl (C=O) groups excluding carboxylic acids is 2. The molecule has 0 radical (unpaired) electrons. The quantitative estimate of drug-likeness (QED) is 0.746. The Morgan fingerprint density at radius 3 is 2.59 bits per heavy atom. The van der Waals surface area contributed by atoms with E-state index in [1.807, 2.05) is 29.2 Å². The van der Waals surface area contributed by atoms with Crippen LogP contribution < -0.4 is 4.90 Å². The van der Waals surface area contributed by atoms with Gasteiger partial charge >= 0.3 is 0 Å². The minimum absolute atomic E-state index is 0.0251. The molecule has 4 rings (SSSR count). The van der Waals surface area contributed by atoms with Crippen LogP contribution in [0.5, 0.6) is 0 Å². The minimum Gasteiger partial charge on any atom is -0.368 e. The highest BCUT2D eigenvalue weighted by molar-refractivity contribution is 7.14. The number of anilines is 1. The SMILES string of the molecule is CN(C)C(=O)c1cc2c(s1)CC[C@H](C(=O)N1CCN(c3cccc(Cl)c3)CC1)C2.